The number of aromatic amines is 1. The van der Waals surface area contributed by atoms with E-state index in [9.17, 15) is 4.79 Å². The Morgan fingerprint density at radius 1 is 0.941 bits per heavy atom. The molecule has 1 saturated heterocycles. The number of fused-ring (bicyclic) bond motifs is 1. The van der Waals surface area contributed by atoms with Gasteiger partial charge in [-0.25, -0.2) is 0 Å². The van der Waals surface area contributed by atoms with Crippen molar-refractivity contribution in [1.82, 2.24) is 20.1 Å². The summed E-state index contributed by atoms with van der Waals surface area (Å²) in [5, 5.41) is 15.2. The Balaban J connectivity index is 1.23. The third kappa shape index (κ3) is 5.01. The third-order valence-electron chi connectivity index (χ3n) is 6.01. The number of piperazine rings is 1. The number of hydrogen-bond donors (Lipinski definition) is 2. The van der Waals surface area contributed by atoms with Crippen molar-refractivity contribution in [3.05, 3.63) is 82.2 Å². The van der Waals surface area contributed by atoms with Crippen LogP contribution in [0.25, 0.3) is 10.8 Å². The molecule has 2 aromatic heterocycles. The van der Waals surface area contributed by atoms with Gasteiger partial charge in [-0.15, -0.1) is 5.10 Å². The van der Waals surface area contributed by atoms with E-state index < -0.39 is 0 Å². The van der Waals surface area contributed by atoms with Crippen LogP contribution in [0.2, 0.25) is 10.0 Å². The Kier molecular flexibility index (Phi) is 6.67. The molecule has 0 radical (unpaired) electrons. The number of aromatic nitrogens is 3. The number of nitrogens with one attached hydrogen (secondary N) is 2. The van der Waals surface area contributed by atoms with Gasteiger partial charge in [0.15, 0.2) is 5.82 Å². The molecule has 9 heteroatoms. The molecule has 7 nitrogen and oxygen atoms in total. The predicted octanol–water partition coefficient (Wildman–Crippen LogP) is 4.62. The van der Waals surface area contributed by atoms with E-state index in [1.165, 1.54) is 0 Å². The highest BCUT2D eigenvalue weighted by atomic mass is 35.5. The Morgan fingerprint density at radius 3 is 2.47 bits per heavy atom. The largest absolute Gasteiger partial charge is 0.365 e. The zero-order chi connectivity index (χ0) is 23.5. The van der Waals surface area contributed by atoms with Crippen molar-refractivity contribution in [3.63, 3.8) is 0 Å². The molecule has 1 aliphatic heterocycles. The van der Waals surface area contributed by atoms with Gasteiger partial charge in [0.25, 0.3) is 0 Å². The lowest BCUT2D eigenvalue weighted by molar-refractivity contribution is -0.117. The number of benzene rings is 2. The predicted molar refractivity (Wildman–Crippen MR) is 137 cm³/mol. The van der Waals surface area contributed by atoms with Crippen LogP contribution < -0.4 is 10.2 Å². The van der Waals surface area contributed by atoms with Gasteiger partial charge in [-0.1, -0.05) is 47.5 Å². The first kappa shape index (κ1) is 22.7. The molecular weight excluding hydrogens is 471 g/mol. The fourth-order valence-corrected chi connectivity index (χ4v) is 4.56. The van der Waals surface area contributed by atoms with E-state index in [0.29, 0.717) is 28.7 Å². The quantitative estimate of drug-likeness (QED) is 0.409. The number of carbonyl (C=O) groups excluding carboxylic acids is 1. The lowest BCUT2D eigenvalue weighted by Gasteiger charge is -2.35. The van der Waals surface area contributed by atoms with Gasteiger partial charge in [0.2, 0.25) is 5.91 Å². The molecule has 1 amide bonds. The van der Waals surface area contributed by atoms with Crippen molar-refractivity contribution in [2.45, 2.75) is 6.42 Å². The van der Waals surface area contributed by atoms with E-state index in [1.807, 2.05) is 24.4 Å². The smallest absolute Gasteiger partial charge is 0.238 e. The van der Waals surface area contributed by atoms with Gasteiger partial charge < -0.3 is 15.2 Å². The molecule has 1 aliphatic rings. The standard InChI is InChI=1S/C25H24Cl2N6O/c26-21-8-7-18(14-22(21)27)29-24(34)16-32-10-12-33(13-11-32)25-20-6-2-1-5-19(20)23(30-31-25)15-17-4-3-9-28-17/h1-9,14,28H,10-13,15-16H2,(H,29,34). The molecule has 0 atom stereocenters. The van der Waals surface area contributed by atoms with Gasteiger partial charge in [-0.05, 0) is 30.3 Å². The summed E-state index contributed by atoms with van der Waals surface area (Å²) in [6.45, 7) is 3.38. The molecular formula is C25H24Cl2N6O. The van der Waals surface area contributed by atoms with Crippen molar-refractivity contribution in [3.8, 4) is 0 Å². The van der Waals surface area contributed by atoms with Crippen LogP contribution in [0.3, 0.4) is 0 Å². The normalized spacial score (nSPS) is 14.5. The highest BCUT2D eigenvalue weighted by Crippen LogP contribution is 2.28. The summed E-state index contributed by atoms with van der Waals surface area (Å²) in [6, 6.07) is 17.4. The van der Waals surface area contributed by atoms with Crippen LogP contribution in [0.5, 0.6) is 0 Å². The van der Waals surface area contributed by atoms with Crippen LogP contribution in [0, 0.1) is 0 Å². The molecule has 0 bridgehead atoms. The van der Waals surface area contributed by atoms with Crippen molar-refractivity contribution in [2.24, 2.45) is 0 Å². The van der Waals surface area contributed by atoms with Gasteiger partial charge in [-0.3, -0.25) is 9.69 Å². The first-order chi connectivity index (χ1) is 16.6. The summed E-state index contributed by atoms with van der Waals surface area (Å²) in [6.07, 6.45) is 2.63. The van der Waals surface area contributed by atoms with E-state index in [4.69, 9.17) is 23.2 Å². The first-order valence-electron chi connectivity index (χ1n) is 11.2. The Hall–Kier alpha value is -3.13. The summed E-state index contributed by atoms with van der Waals surface area (Å²) < 4.78 is 0. The number of halogens is 2. The number of amides is 1. The maximum Gasteiger partial charge on any atom is 0.238 e. The molecule has 174 valence electrons. The minimum Gasteiger partial charge on any atom is -0.365 e. The molecule has 2 aromatic carbocycles. The third-order valence-corrected chi connectivity index (χ3v) is 6.75. The van der Waals surface area contributed by atoms with Gasteiger partial charge in [0.05, 0.1) is 22.3 Å². The Morgan fingerprint density at radius 2 is 1.74 bits per heavy atom. The van der Waals surface area contributed by atoms with Crippen LogP contribution in [0.1, 0.15) is 11.4 Å². The number of hydrogen-bond acceptors (Lipinski definition) is 5. The van der Waals surface area contributed by atoms with Gasteiger partial charge in [0, 0.05) is 61.0 Å². The zero-order valence-electron chi connectivity index (χ0n) is 18.5. The molecule has 0 unspecified atom stereocenters. The number of rotatable bonds is 6. The number of carbonyl (C=O) groups is 1. The fraction of sp³-hybridized carbons (Fsp3) is 0.240. The van der Waals surface area contributed by atoms with Gasteiger partial charge >= 0.3 is 0 Å². The van der Waals surface area contributed by atoms with E-state index >= 15 is 0 Å². The monoisotopic (exact) mass is 494 g/mol. The lowest BCUT2D eigenvalue weighted by atomic mass is 10.1. The topological polar surface area (TPSA) is 77.2 Å². The van der Waals surface area contributed by atoms with Crippen LogP contribution >= 0.6 is 23.2 Å². The van der Waals surface area contributed by atoms with Crippen molar-refractivity contribution in [1.29, 1.82) is 0 Å². The van der Waals surface area contributed by atoms with Crippen LogP contribution in [-0.2, 0) is 11.2 Å². The Labute approximate surface area is 207 Å². The average Bonchev–Trinajstić information content (AvgIpc) is 3.35. The fourth-order valence-electron chi connectivity index (χ4n) is 4.26. The van der Waals surface area contributed by atoms with E-state index in [-0.39, 0.29) is 5.91 Å². The molecule has 3 heterocycles. The molecule has 0 saturated carbocycles. The summed E-state index contributed by atoms with van der Waals surface area (Å²) in [5.41, 5.74) is 2.71. The average molecular weight is 495 g/mol. The number of anilines is 2. The minimum absolute atomic E-state index is 0.0780. The van der Waals surface area contributed by atoms with Crippen molar-refractivity contribution >= 4 is 51.4 Å². The molecule has 5 rings (SSSR count). The van der Waals surface area contributed by atoms with Gasteiger partial charge in [0.1, 0.15) is 0 Å². The SMILES string of the molecule is O=C(CN1CCN(c2nnc(Cc3ccc[nH]3)c3ccccc23)CC1)Nc1ccc(Cl)c(Cl)c1. The second kappa shape index (κ2) is 10.0. The molecule has 34 heavy (non-hydrogen) atoms. The summed E-state index contributed by atoms with van der Waals surface area (Å²) >= 11 is 12.0. The second-order valence-corrected chi connectivity index (χ2v) is 9.14. The summed E-state index contributed by atoms with van der Waals surface area (Å²) in [5.74, 6) is 0.816. The Bertz CT molecular complexity index is 1300. The molecule has 1 fully saturated rings. The maximum atomic E-state index is 12.5. The van der Waals surface area contributed by atoms with Crippen LogP contribution in [-0.4, -0.2) is 58.7 Å². The van der Waals surface area contributed by atoms with Crippen LogP contribution in [0.15, 0.2) is 60.8 Å². The van der Waals surface area contributed by atoms with Crippen molar-refractivity contribution in [2.75, 3.05) is 42.9 Å². The van der Waals surface area contributed by atoms with Gasteiger partial charge in [-0.2, -0.15) is 5.10 Å². The van der Waals surface area contributed by atoms with Crippen LogP contribution in [0.4, 0.5) is 11.5 Å². The zero-order valence-corrected chi connectivity index (χ0v) is 20.0. The molecule has 4 aromatic rings. The molecule has 0 spiro atoms. The number of nitrogens with zero attached hydrogens (tertiary/aromatic N) is 4. The number of H-pyrrole nitrogens is 1. The highest BCUT2D eigenvalue weighted by Gasteiger charge is 2.22. The summed E-state index contributed by atoms with van der Waals surface area (Å²) in [7, 11) is 0. The lowest BCUT2D eigenvalue weighted by Crippen LogP contribution is -2.49. The highest BCUT2D eigenvalue weighted by molar-refractivity contribution is 6.42. The molecule has 0 aliphatic carbocycles. The molecule has 2 N–H and O–H groups in total. The van der Waals surface area contributed by atoms with E-state index in [1.54, 1.807) is 18.2 Å². The maximum absolute atomic E-state index is 12.5. The first-order valence-corrected chi connectivity index (χ1v) is 11.9. The minimum atomic E-state index is -0.0780. The summed E-state index contributed by atoms with van der Waals surface area (Å²) in [4.78, 5) is 20.1. The van der Waals surface area contributed by atoms with Crippen molar-refractivity contribution < 1.29 is 4.79 Å². The van der Waals surface area contributed by atoms with E-state index in [0.717, 1.165) is 54.2 Å². The van der Waals surface area contributed by atoms with E-state index in [2.05, 4.69) is 48.5 Å². The second-order valence-electron chi connectivity index (χ2n) is 8.33.